The van der Waals surface area contributed by atoms with Crippen LogP contribution in [-0.2, 0) is 0 Å². The number of rotatable bonds is 8. The van der Waals surface area contributed by atoms with E-state index in [0.29, 0.717) is 6.61 Å². The van der Waals surface area contributed by atoms with E-state index in [4.69, 9.17) is 14.6 Å². The van der Waals surface area contributed by atoms with Crippen LogP contribution in [0.1, 0.15) is 6.42 Å². The maximum atomic E-state index is 8.57. The topological polar surface area (TPSA) is 50.7 Å². The lowest BCUT2D eigenvalue weighted by atomic mass is 10.3. The number of aliphatic hydroxyl groups excluding tert-OH is 1. The van der Waals surface area contributed by atoms with E-state index in [0.717, 1.165) is 31.0 Å². The van der Waals surface area contributed by atoms with Gasteiger partial charge in [-0.3, -0.25) is 0 Å². The highest BCUT2D eigenvalue weighted by molar-refractivity contribution is 5.31. The van der Waals surface area contributed by atoms with Crippen LogP contribution in [0.4, 0.5) is 0 Å². The molecular formula is C12H19NO3. The minimum atomic E-state index is 0.229. The van der Waals surface area contributed by atoms with Gasteiger partial charge in [0.05, 0.1) is 7.11 Å². The van der Waals surface area contributed by atoms with Crippen LogP contribution < -0.4 is 14.8 Å². The molecule has 1 aromatic rings. The molecule has 0 aliphatic rings. The van der Waals surface area contributed by atoms with Crippen molar-refractivity contribution >= 4 is 0 Å². The summed E-state index contributed by atoms with van der Waals surface area (Å²) in [4.78, 5) is 0. The fourth-order valence-electron chi connectivity index (χ4n) is 1.24. The molecule has 1 aromatic carbocycles. The zero-order valence-electron chi connectivity index (χ0n) is 9.61. The maximum absolute atomic E-state index is 8.57. The van der Waals surface area contributed by atoms with Gasteiger partial charge in [0, 0.05) is 13.2 Å². The summed E-state index contributed by atoms with van der Waals surface area (Å²) < 4.78 is 10.6. The van der Waals surface area contributed by atoms with Crippen LogP contribution in [0.5, 0.6) is 11.5 Å². The number of hydrogen-bond acceptors (Lipinski definition) is 4. The lowest BCUT2D eigenvalue weighted by Gasteiger charge is -2.07. The number of hydrogen-bond donors (Lipinski definition) is 2. The molecule has 0 unspecified atom stereocenters. The van der Waals surface area contributed by atoms with Crippen molar-refractivity contribution in [3.8, 4) is 11.5 Å². The molecule has 0 aliphatic heterocycles. The number of aliphatic hydroxyl groups is 1. The molecule has 0 amide bonds. The number of nitrogens with one attached hydrogen (secondary N) is 1. The van der Waals surface area contributed by atoms with Crippen LogP contribution in [0.25, 0.3) is 0 Å². The smallest absolute Gasteiger partial charge is 0.119 e. The first-order chi connectivity index (χ1) is 7.86. The standard InChI is InChI=1S/C12H19NO3/c1-15-11-3-5-12(6-4-11)16-10-8-13-7-2-9-14/h3-6,13-14H,2,7-10H2,1H3. The molecule has 0 fully saturated rings. The Morgan fingerprint density at radius 1 is 1.12 bits per heavy atom. The van der Waals surface area contributed by atoms with Gasteiger partial charge in [-0.2, -0.15) is 0 Å². The number of benzene rings is 1. The minimum absolute atomic E-state index is 0.229. The van der Waals surface area contributed by atoms with Gasteiger partial charge in [-0.15, -0.1) is 0 Å². The molecule has 2 N–H and O–H groups in total. The SMILES string of the molecule is COc1ccc(OCCNCCCO)cc1. The molecule has 0 aliphatic carbocycles. The molecule has 4 nitrogen and oxygen atoms in total. The van der Waals surface area contributed by atoms with Crippen LogP contribution in [0.2, 0.25) is 0 Å². The van der Waals surface area contributed by atoms with E-state index < -0.39 is 0 Å². The summed E-state index contributed by atoms with van der Waals surface area (Å²) in [5, 5.41) is 11.7. The largest absolute Gasteiger partial charge is 0.497 e. The lowest BCUT2D eigenvalue weighted by Crippen LogP contribution is -2.22. The molecule has 0 saturated carbocycles. The molecule has 0 atom stereocenters. The molecule has 90 valence electrons. The highest BCUT2D eigenvalue weighted by atomic mass is 16.5. The van der Waals surface area contributed by atoms with Crippen molar-refractivity contribution in [1.29, 1.82) is 0 Å². The normalized spacial score (nSPS) is 10.1. The third-order valence-electron chi connectivity index (χ3n) is 2.12. The summed E-state index contributed by atoms with van der Waals surface area (Å²) in [6, 6.07) is 7.50. The van der Waals surface area contributed by atoms with E-state index in [-0.39, 0.29) is 6.61 Å². The Morgan fingerprint density at radius 3 is 2.44 bits per heavy atom. The summed E-state index contributed by atoms with van der Waals surface area (Å²) in [6.07, 6.45) is 0.780. The van der Waals surface area contributed by atoms with Gasteiger partial charge in [0.15, 0.2) is 0 Å². The summed E-state index contributed by atoms with van der Waals surface area (Å²) in [6.45, 7) is 2.46. The van der Waals surface area contributed by atoms with Gasteiger partial charge in [-0.25, -0.2) is 0 Å². The Balaban J connectivity index is 2.12. The Morgan fingerprint density at radius 2 is 1.81 bits per heavy atom. The van der Waals surface area contributed by atoms with Gasteiger partial charge >= 0.3 is 0 Å². The highest BCUT2D eigenvalue weighted by Gasteiger charge is 1.94. The molecule has 0 saturated heterocycles. The van der Waals surface area contributed by atoms with Crippen molar-refractivity contribution in [2.45, 2.75) is 6.42 Å². The highest BCUT2D eigenvalue weighted by Crippen LogP contribution is 2.16. The van der Waals surface area contributed by atoms with Crippen LogP contribution in [-0.4, -0.2) is 38.5 Å². The summed E-state index contributed by atoms with van der Waals surface area (Å²) in [7, 11) is 1.64. The maximum Gasteiger partial charge on any atom is 0.119 e. The van der Waals surface area contributed by atoms with E-state index in [1.54, 1.807) is 7.11 Å². The van der Waals surface area contributed by atoms with Gasteiger partial charge in [-0.05, 0) is 37.2 Å². The zero-order chi connectivity index (χ0) is 11.6. The second-order valence-corrected chi connectivity index (χ2v) is 3.35. The molecule has 4 heteroatoms. The molecule has 0 aromatic heterocycles. The van der Waals surface area contributed by atoms with Crippen molar-refractivity contribution < 1.29 is 14.6 Å². The Kier molecular flexibility index (Phi) is 6.37. The van der Waals surface area contributed by atoms with Gasteiger partial charge in [0.1, 0.15) is 18.1 Å². The molecule has 1 rings (SSSR count). The Labute approximate surface area is 96.2 Å². The minimum Gasteiger partial charge on any atom is -0.497 e. The quantitative estimate of drug-likeness (QED) is 0.649. The summed E-state index contributed by atoms with van der Waals surface area (Å²) in [5.74, 6) is 1.66. The van der Waals surface area contributed by atoms with Crippen molar-refractivity contribution in [3.05, 3.63) is 24.3 Å². The second-order valence-electron chi connectivity index (χ2n) is 3.35. The zero-order valence-corrected chi connectivity index (χ0v) is 9.61. The Hall–Kier alpha value is -1.26. The van der Waals surface area contributed by atoms with Crippen molar-refractivity contribution in [1.82, 2.24) is 5.32 Å². The predicted molar refractivity (Wildman–Crippen MR) is 63.1 cm³/mol. The second kappa shape index (κ2) is 7.96. The first-order valence-corrected chi connectivity index (χ1v) is 5.45. The average Bonchev–Trinajstić information content (AvgIpc) is 2.34. The average molecular weight is 225 g/mol. The van der Waals surface area contributed by atoms with Crippen molar-refractivity contribution in [2.24, 2.45) is 0 Å². The van der Waals surface area contributed by atoms with E-state index in [9.17, 15) is 0 Å². The van der Waals surface area contributed by atoms with E-state index in [2.05, 4.69) is 5.32 Å². The molecule has 0 spiro atoms. The fourth-order valence-corrected chi connectivity index (χ4v) is 1.24. The molecule has 16 heavy (non-hydrogen) atoms. The molecule has 0 heterocycles. The van der Waals surface area contributed by atoms with Crippen LogP contribution in [0, 0.1) is 0 Å². The van der Waals surface area contributed by atoms with Gasteiger partial charge in [0.25, 0.3) is 0 Å². The molecule has 0 radical (unpaired) electrons. The van der Waals surface area contributed by atoms with E-state index in [1.807, 2.05) is 24.3 Å². The van der Waals surface area contributed by atoms with Crippen LogP contribution >= 0.6 is 0 Å². The monoisotopic (exact) mass is 225 g/mol. The number of methoxy groups -OCH3 is 1. The summed E-state index contributed by atoms with van der Waals surface area (Å²) >= 11 is 0. The number of ether oxygens (including phenoxy) is 2. The van der Waals surface area contributed by atoms with Crippen LogP contribution in [0.3, 0.4) is 0 Å². The fraction of sp³-hybridized carbons (Fsp3) is 0.500. The third-order valence-corrected chi connectivity index (χ3v) is 2.12. The molecule has 0 bridgehead atoms. The van der Waals surface area contributed by atoms with E-state index >= 15 is 0 Å². The van der Waals surface area contributed by atoms with Gasteiger partial charge < -0.3 is 19.9 Å². The summed E-state index contributed by atoms with van der Waals surface area (Å²) in [5.41, 5.74) is 0. The van der Waals surface area contributed by atoms with Gasteiger partial charge in [0.2, 0.25) is 0 Å². The first-order valence-electron chi connectivity index (χ1n) is 5.45. The first kappa shape index (κ1) is 12.8. The Bertz CT molecular complexity index is 274. The molecular weight excluding hydrogens is 206 g/mol. The van der Waals surface area contributed by atoms with Gasteiger partial charge in [-0.1, -0.05) is 0 Å². The van der Waals surface area contributed by atoms with Crippen molar-refractivity contribution in [2.75, 3.05) is 33.4 Å². The third kappa shape index (κ3) is 5.00. The van der Waals surface area contributed by atoms with E-state index in [1.165, 1.54) is 0 Å². The van der Waals surface area contributed by atoms with Crippen molar-refractivity contribution in [3.63, 3.8) is 0 Å². The lowest BCUT2D eigenvalue weighted by molar-refractivity contribution is 0.279. The predicted octanol–water partition coefficient (Wildman–Crippen LogP) is 1.05. The van der Waals surface area contributed by atoms with Crippen LogP contribution in [0.15, 0.2) is 24.3 Å².